The van der Waals surface area contributed by atoms with Crippen molar-refractivity contribution in [1.82, 2.24) is 0 Å². The lowest BCUT2D eigenvalue weighted by molar-refractivity contribution is -0.384. The Morgan fingerprint density at radius 2 is 1.78 bits per heavy atom. The highest BCUT2D eigenvalue weighted by Gasteiger charge is 2.24. The molecule has 2 aromatic rings. The summed E-state index contributed by atoms with van der Waals surface area (Å²) in [5.41, 5.74) is 1.18. The summed E-state index contributed by atoms with van der Waals surface area (Å²) in [6.45, 7) is 3.41. The van der Waals surface area contributed by atoms with Gasteiger partial charge >= 0.3 is 0 Å². The van der Waals surface area contributed by atoms with E-state index in [4.69, 9.17) is 4.74 Å². The smallest absolute Gasteiger partial charge is 0.295 e. The number of hydrogen-bond acceptors (Lipinski definition) is 5. The van der Waals surface area contributed by atoms with Crippen LogP contribution in [-0.4, -0.2) is 25.0 Å². The highest BCUT2D eigenvalue weighted by molar-refractivity contribution is 7.86. The first kappa shape index (κ1) is 16.9. The van der Waals surface area contributed by atoms with Crippen LogP contribution < -0.4 is 4.74 Å². The van der Waals surface area contributed by atoms with E-state index in [1.165, 1.54) is 37.4 Å². The summed E-state index contributed by atoms with van der Waals surface area (Å²) in [5.74, 6) is 0.321. The number of hydrogen-bond donors (Lipinski definition) is 1. The predicted molar refractivity (Wildman–Crippen MR) is 84.4 cm³/mol. The zero-order valence-electron chi connectivity index (χ0n) is 12.7. The van der Waals surface area contributed by atoms with E-state index in [0.29, 0.717) is 16.9 Å². The summed E-state index contributed by atoms with van der Waals surface area (Å²) in [6.07, 6.45) is 0. The molecular weight excluding hydrogens is 322 g/mol. The molecule has 0 aliphatic carbocycles. The number of nitrogens with zero attached hydrogens (tertiary/aromatic N) is 1. The van der Waals surface area contributed by atoms with Crippen LogP contribution in [0.4, 0.5) is 5.69 Å². The van der Waals surface area contributed by atoms with Gasteiger partial charge < -0.3 is 4.74 Å². The third kappa shape index (κ3) is 3.33. The maximum atomic E-state index is 11.6. The van der Waals surface area contributed by atoms with Gasteiger partial charge in [0, 0.05) is 5.56 Å². The van der Waals surface area contributed by atoms with E-state index < -0.39 is 15.0 Å². The molecule has 23 heavy (non-hydrogen) atoms. The van der Waals surface area contributed by atoms with Crippen molar-refractivity contribution in [3.05, 3.63) is 51.6 Å². The summed E-state index contributed by atoms with van der Waals surface area (Å²) in [6, 6.07) is 6.93. The topological polar surface area (TPSA) is 107 Å². The lowest BCUT2D eigenvalue weighted by atomic mass is 9.99. The maximum absolute atomic E-state index is 11.6. The monoisotopic (exact) mass is 337 g/mol. The molecule has 0 spiro atoms. The van der Waals surface area contributed by atoms with Crippen molar-refractivity contribution in [3.8, 4) is 16.9 Å². The van der Waals surface area contributed by atoms with Crippen molar-refractivity contribution >= 4 is 15.8 Å². The highest BCUT2D eigenvalue weighted by atomic mass is 32.2. The van der Waals surface area contributed by atoms with Gasteiger partial charge in [-0.05, 0) is 37.6 Å². The SMILES string of the molecule is COc1cc([N+](=O)[O-])c(-c2cc(C)ccc2S(=O)(=O)O)cc1C. The zero-order chi connectivity index (χ0) is 17.4. The molecule has 0 amide bonds. The van der Waals surface area contributed by atoms with Crippen LogP contribution in [0.5, 0.6) is 5.75 Å². The van der Waals surface area contributed by atoms with Crippen molar-refractivity contribution in [2.45, 2.75) is 18.7 Å². The van der Waals surface area contributed by atoms with Gasteiger partial charge in [0.1, 0.15) is 10.6 Å². The average Bonchev–Trinajstić information content (AvgIpc) is 2.45. The molecule has 2 rings (SSSR count). The van der Waals surface area contributed by atoms with Crippen LogP contribution >= 0.6 is 0 Å². The van der Waals surface area contributed by atoms with E-state index in [0.717, 1.165) is 0 Å². The van der Waals surface area contributed by atoms with Gasteiger partial charge in [-0.3, -0.25) is 14.7 Å². The van der Waals surface area contributed by atoms with Gasteiger partial charge in [-0.25, -0.2) is 0 Å². The van der Waals surface area contributed by atoms with Gasteiger partial charge in [-0.1, -0.05) is 11.6 Å². The van der Waals surface area contributed by atoms with Crippen LogP contribution in [0.3, 0.4) is 0 Å². The minimum Gasteiger partial charge on any atom is -0.496 e. The first-order chi connectivity index (χ1) is 10.6. The van der Waals surface area contributed by atoms with Crippen LogP contribution in [0.2, 0.25) is 0 Å². The number of ether oxygens (including phenoxy) is 1. The highest BCUT2D eigenvalue weighted by Crippen LogP contribution is 2.38. The lowest BCUT2D eigenvalue weighted by Gasteiger charge is -2.12. The maximum Gasteiger partial charge on any atom is 0.295 e. The van der Waals surface area contributed by atoms with Crippen molar-refractivity contribution in [1.29, 1.82) is 0 Å². The van der Waals surface area contributed by atoms with E-state index in [1.807, 2.05) is 0 Å². The minimum atomic E-state index is -4.52. The van der Waals surface area contributed by atoms with Crippen molar-refractivity contribution in [3.63, 3.8) is 0 Å². The molecule has 2 aromatic carbocycles. The molecule has 0 fully saturated rings. The molecule has 0 bridgehead atoms. The van der Waals surface area contributed by atoms with Crippen LogP contribution in [0, 0.1) is 24.0 Å². The zero-order valence-corrected chi connectivity index (χ0v) is 13.5. The molecule has 0 heterocycles. The van der Waals surface area contributed by atoms with Gasteiger partial charge in [0.25, 0.3) is 15.8 Å². The molecule has 1 N–H and O–H groups in total. The fraction of sp³-hybridized carbons (Fsp3) is 0.200. The third-order valence-corrected chi connectivity index (χ3v) is 4.32. The number of aryl methyl sites for hydroxylation is 2. The van der Waals surface area contributed by atoms with Gasteiger partial charge in [-0.2, -0.15) is 8.42 Å². The minimum absolute atomic E-state index is 0.0740. The Balaban J connectivity index is 2.89. The Labute approximate surface area is 133 Å². The van der Waals surface area contributed by atoms with E-state index in [2.05, 4.69) is 0 Å². The van der Waals surface area contributed by atoms with Crippen molar-refractivity contribution in [2.24, 2.45) is 0 Å². The normalized spacial score (nSPS) is 11.3. The molecule has 0 saturated heterocycles. The van der Waals surface area contributed by atoms with Gasteiger partial charge in [0.2, 0.25) is 0 Å². The second-order valence-corrected chi connectivity index (χ2v) is 6.46. The first-order valence-corrected chi connectivity index (χ1v) is 8.00. The molecule has 8 heteroatoms. The largest absolute Gasteiger partial charge is 0.496 e. The Morgan fingerprint density at radius 1 is 1.13 bits per heavy atom. The molecular formula is C15H15NO6S. The van der Waals surface area contributed by atoms with Crippen LogP contribution in [0.15, 0.2) is 35.2 Å². The molecule has 122 valence electrons. The molecule has 0 saturated carbocycles. The predicted octanol–water partition coefficient (Wildman–Crippen LogP) is 3.13. The Hall–Kier alpha value is -2.45. The Morgan fingerprint density at radius 3 is 2.30 bits per heavy atom. The van der Waals surface area contributed by atoms with Gasteiger partial charge in [0.05, 0.1) is 23.7 Å². The lowest BCUT2D eigenvalue weighted by Crippen LogP contribution is -2.03. The van der Waals surface area contributed by atoms with Crippen LogP contribution in [0.1, 0.15) is 11.1 Å². The van der Waals surface area contributed by atoms with Crippen molar-refractivity contribution < 1.29 is 22.6 Å². The fourth-order valence-corrected chi connectivity index (χ4v) is 3.03. The van der Waals surface area contributed by atoms with E-state index >= 15 is 0 Å². The summed E-state index contributed by atoms with van der Waals surface area (Å²) in [5, 5.41) is 11.4. The van der Waals surface area contributed by atoms with E-state index in [1.54, 1.807) is 13.8 Å². The number of nitro groups is 1. The third-order valence-electron chi connectivity index (χ3n) is 3.41. The standard InChI is InChI=1S/C15H15NO6S/c1-9-4-5-15(23(19,20)21)12(6-9)11-7-10(2)14(22-3)8-13(11)16(17)18/h4-8H,1-3H3,(H,19,20,21). The van der Waals surface area contributed by atoms with E-state index in [9.17, 15) is 23.1 Å². The van der Waals surface area contributed by atoms with Crippen LogP contribution in [-0.2, 0) is 10.1 Å². The number of benzene rings is 2. The summed E-state index contributed by atoms with van der Waals surface area (Å²) < 4.78 is 37.7. The van der Waals surface area contributed by atoms with Gasteiger partial charge in [0.15, 0.2) is 0 Å². The molecule has 0 aliphatic heterocycles. The second-order valence-electron chi connectivity index (χ2n) is 5.07. The summed E-state index contributed by atoms with van der Waals surface area (Å²) in [4.78, 5) is 10.4. The molecule has 0 radical (unpaired) electrons. The fourth-order valence-electron chi connectivity index (χ4n) is 2.34. The number of methoxy groups -OCH3 is 1. The summed E-state index contributed by atoms with van der Waals surface area (Å²) >= 11 is 0. The molecule has 7 nitrogen and oxygen atoms in total. The molecule has 0 aliphatic rings. The Kier molecular flexibility index (Phi) is 4.39. The quantitative estimate of drug-likeness (QED) is 0.522. The van der Waals surface area contributed by atoms with Crippen LogP contribution in [0.25, 0.3) is 11.1 Å². The molecule has 0 aromatic heterocycles. The molecule has 0 unspecified atom stereocenters. The number of rotatable bonds is 4. The molecule has 0 atom stereocenters. The van der Waals surface area contributed by atoms with Crippen molar-refractivity contribution in [2.75, 3.05) is 7.11 Å². The second kappa shape index (κ2) is 5.98. The van der Waals surface area contributed by atoms with E-state index in [-0.39, 0.29) is 21.7 Å². The van der Waals surface area contributed by atoms with Gasteiger partial charge in [-0.15, -0.1) is 0 Å². The average molecular weight is 337 g/mol. The summed E-state index contributed by atoms with van der Waals surface area (Å²) in [7, 11) is -3.13. The Bertz CT molecular complexity index is 889. The first-order valence-electron chi connectivity index (χ1n) is 6.56. The number of nitro benzene ring substituents is 1.